The fraction of sp³-hybridized carbons (Fsp3) is 0.0500. The van der Waals surface area contributed by atoms with Crippen molar-refractivity contribution in [1.29, 1.82) is 0 Å². The first kappa shape index (κ1) is 37.6. The van der Waals surface area contributed by atoms with Gasteiger partial charge in [0.1, 0.15) is 11.2 Å². The first-order valence-electron chi connectivity index (χ1n) is 22.1. The molecule has 12 aromatic rings. The van der Waals surface area contributed by atoms with Gasteiger partial charge in [0, 0.05) is 53.1 Å². The Morgan fingerprint density at radius 1 is 0.369 bits per heavy atom. The molecule has 3 aromatic heterocycles. The van der Waals surface area contributed by atoms with Crippen LogP contribution < -0.4 is 0 Å². The van der Waals surface area contributed by atoms with Crippen LogP contribution in [0.25, 0.3) is 121 Å². The van der Waals surface area contributed by atoms with Crippen molar-refractivity contribution >= 4 is 53.4 Å². The second-order valence-corrected chi connectivity index (χ2v) is 18.5. The molecule has 0 fully saturated rings. The summed E-state index contributed by atoms with van der Waals surface area (Å²) < 4.78 is 9.03. The molecule has 9 aromatic carbocycles. The predicted octanol–water partition coefficient (Wildman–Crippen LogP) is 16.4. The minimum Gasteiger partial charge on any atom is -0.456 e. The summed E-state index contributed by atoms with van der Waals surface area (Å²) in [6.45, 7) is 4.70. The van der Waals surface area contributed by atoms with Gasteiger partial charge in [-0.15, -0.1) is 11.3 Å². The number of nitrogens with zero attached hydrogens (tertiary/aromatic N) is 3. The molecule has 0 amide bonds. The third kappa shape index (κ3) is 5.93. The maximum Gasteiger partial charge on any atom is 0.164 e. The smallest absolute Gasteiger partial charge is 0.164 e. The maximum absolute atomic E-state index is 6.60. The van der Waals surface area contributed by atoms with Gasteiger partial charge in [-0.05, 0) is 86.0 Å². The largest absolute Gasteiger partial charge is 0.456 e. The van der Waals surface area contributed by atoms with Gasteiger partial charge >= 0.3 is 0 Å². The highest BCUT2D eigenvalue weighted by atomic mass is 32.1. The molecule has 0 aliphatic heterocycles. The number of fused-ring (bicyclic) bond motifs is 9. The lowest BCUT2D eigenvalue weighted by molar-refractivity contribution is 0.662. The highest BCUT2D eigenvalue weighted by Gasteiger charge is 2.37. The molecule has 1 aliphatic carbocycles. The third-order valence-corrected chi connectivity index (χ3v) is 14.5. The number of aromatic nitrogens is 3. The Kier molecular flexibility index (Phi) is 8.39. The van der Waals surface area contributed by atoms with E-state index in [1.807, 2.05) is 18.2 Å². The minimum atomic E-state index is -0.0940. The number of benzene rings is 9. The number of furan rings is 1. The number of rotatable bonds is 6. The molecule has 5 heteroatoms. The van der Waals surface area contributed by atoms with Crippen LogP contribution in [-0.2, 0) is 5.41 Å². The average Bonchev–Trinajstić information content (AvgIpc) is 4.01. The van der Waals surface area contributed by atoms with Gasteiger partial charge in [-0.2, -0.15) is 0 Å². The number of hydrogen-bond donors (Lipinski definition) is 0. The van der Waals surface area contributed by atoms with Crippen LogP contribution in [0, 0.1) is 0 Å². The van der Waals surface area contributed by atoms with Crippen molar-refractivity contribution in [2.75, 3.05) is 0 Å². The minimum absolute atomic E-state index is 0.0940. The van der Waals surface area contributed by atoms with Crippen molar-refractivity contribution in [2.24, 2.45) is 0 Å². The fourth-order valence-corrected chi connectivity index (χ4v) is 11.5. The zero-order valence-electron chi connectivity index (χ0n) is 35.7. The Hall–Kier alpha value is -7.99. The van der Waals surface area contributed by atoms with Crippen molar-refractivity contribution in [1.82, 2.24) is 15.0 Å². The molecule has 0 bridgehead atoms. The molecular formula is C60H39N3OS. The molecule has 1 aliphatic rings. The molecule has 0 saturated carbocycles. The van der Waals surface area contributed by atoms with Crippen LogP contribution in [0.3, 0.4) is 0 Å². The second-order valence-electron chi connectivity index (χ2n) is 17.5. The topological polar surface area (TPSA) is 51.8 Å². The van der Waals surface area contributed by atoms with E-state index in [4.69, 9.17) is 19.4 Å². The van der Waals surface area contributed by atoms with E-state index in [1.54, 1.807) is 11.3 Å². The fourth-order valence-electron chi connectivity index (χ4n) is 10.4. The van der Waals surface area contributed by atoms with Gasteiger partial charge in [-0.3, -0.25) is 0 Å². The molecule has 306 valence electrons. The van der Waals surface area contributed by atoms with Gasteiger partial charge in [0.2, 0.25) is 0 Å². The number of hydrogen-bond acceptors (Lipinski definition) is 5. The lowest BCUT2D eigenvalue weighted by Crippen LogP contribution is -2.16. The third-order valence-electron chi connectivity index (χ3n) is 13.4. The SMILES string of the molecule is CC1(C)c2ccccc2-c2cccc(-c3ccc(-c4ccc5oc6cccc(-c7nc(-c8ccccc8-c8ccccc8)nc(-c8cccc9sc%10ccccc%10c89)n7)c6c5c4)cc3)c21. The number of thiophene rings is 1. The highest BCUT2D eigenvalue weighted by Crippen LogP contribution is 2.52. The van der Waals surface area contributed by atoms with Gasteiger partial charge in [-0.1, -0.05) is 184 Å². The Morgan fingerprint density at radius 3 is 1.74 bits per heavy atom. The van der Waals surface area contributed by atoms with E-state index in [-0.39, 0.29) is 5.41 Å². The van der Waals surface area contributed by atoms with Crippen LogP contribution in [0.2, 0.25) is 0 Å². The van der Waals surface area contributed by atoms with Crippen molar-refractivity contribution in [2.45, 2.75) is 19.3 Å². The van der Waals surface area contributed by atoms with Crippen LogP contribution in [0.1, 0.15) is 25.0 Å². The van der Waals surface area contributed by atoms with Crippen molar-refractivity contribution in [3.63, 3.8) is 0 Å². The molecule has 3 heterocycles. The lowest BCUT2D eigenvalue weighted by Gasteiger charge is -2.24. The monoisotopic (exact) mass is 849 g/mol. The summed E-state index contributed by atoms with van der Waals surface area (Å²) in [5.74, 6) is 1.83. The normalized spacial score (nSPS) is 12.9. The zero-order valence-corrected chi connectivity index (χ0v) is 36.5. The van der Waals surface area contributed by atoms with Crippen molar-refractivity contribution in [3.05, 3.63) is 211 Å². The zero-order chi connectivity index (χ0) is 43.2. The summed E-state index contributed by atoms with van der Waals surface area (Å²) in [5.41, 5.74) is 16.6. The van der Waals surface area contributed by atoms with E-state index in [0.29, 0.717) is 17.5 Å². The van der Waals surface area contributed by atoms with Crippen molar-refractivity contribution < 1.29 is 4.42 Å². The van der Waals surface area contributed by atoms with Gasteiger partial charge in [0.15, 0.2) is 17.5 Å². The van der Waals surface area contributed by atoms with E-state index in [2.05, 4.69) is 196 Å². The van der Waals surface area contributed by atoms with E-state index < -0.39 is 0 Å². The Morgan fingerprint density at radius 2 is 0.923 bits per heavy atom. The van der Waals surface area contributed by atoms with Gasteiger partial charge < -0.3 is 4.42 Å². The van der Waals surface area contributed by atoms with Gasteiger partial charge in [-0.25, -0.2) is 15.0 Å². The van der Waals surface area contributed by atoms with Gasteiger partial charge in [0.05, 0.1) is 0 Å². The molecule has 0 atom stereocenters. The van der Waals surface area contributed by atoms with Crippen LogP contribution in [0.5, 0.6) is 0 Å². The summed E-state index contributed by atoms with van der Waals surface area (Å²) in [7, 11) is 0. The van der Waals surface area contributed by atoms with Crippen LogP contribution in [0.15, 0.2) is 205 Å². The summed E-state index contributed by atoms with van der Waals surface area (Å²) in [5, 5.41) is 4.33. The Bertz CT molecular complexity index is 3860. The molecule has 0 N–H and O–H groups in total. The second kappa shape index (κ2) is 14.5. The van der Waals surface area contributed by atoms with Gasteiger partial charge in [0.25, 0.3) is 0 Å². The van der Waals surface area contributed by atoms with Crippen LogP contribution in [-0.4, -0.2) is 15.0 Å². The molecule has 13 rings (SSSR count). The first-order valence-corrected chi connectivity index (χ1v) is 22.9. The Balaban J connectivity index is 0.969. The summed E-state index contributed by atoms with van der Waals surface area (Å²) in [6, 6.07) is 71.2. The summed E-state index contributed by atoms with van der Waals surface area (Å²) in [6.07, 6.45) is 0. The molecule has 4 nitrogen and oxygen atoms in total. The van der Waals surface area contributed by atoms with Crippen LogP contribution in [0.4, 0.5) is 0 Å². The summed E-state index contributed by atoms with van der Waals surface area (Å²) >= 11 is 1.79. The van der Waals surface area contributed by atoms with E-state index in [9.17, 15) is 0 Å². The van der Waals surface area contributed by atoms with E-state index in [0.717, 1.165) is 66.3 Å². The molecule has 0 radical (unpaired) electrons. The summed E-state index contributed by atoms with van der Waals surface area (Å²) in [4.78, 5) is 16.1. The van der Waals surface area contributed by atoms with Crippen LogP contribution >= 0.6 is 11.3 Å². The highest BCUT2D eigenvalue weighted by molar-refractivity contribution is 7.25. The average molecular weight is 850 g/mol. The molecule has 0 saturated heterocycles. The molecular weight excluding hydrogens is 811 g/mol. The Labute approximate surface area is 380 Å². The lowest BCUT2D eigenvalue weighted by atomic mass is 9.79. The predicted molar refractivity (Wildman–Crippen MR) is 270 cm³/mol. The van der Waals surface area contributed by atoms with E-state index in [1.165, 1.54) is 48.2 Å². The molecule has 65 heavy (non-hydrogen) atoms. The van der Waals surface area contributed by atoms with Crippen molar-refractivity contribution in [3.8, 4) is 78.7 Å². The molecule has 0 spiro atoms. The quantitative estimate of drug-likeness (QED) is 0.167. The maximum atomic E-state index is 6.60. The molecule has 0 unspecified atom stereocenters. The van der Waals surface area contributed by atoms with E-state index >= 15 is 0 Å². The first-order chi connectivity index (χ1) is 32.0. The standard InChI is InChI=1S/C60H39N3OS/c1-60(2)49-25-10-8-18-42(49)43-22-12-21-41(56(43)60)38-31-29-36(30-32-38)39-33-34-50-48(35-39)54-46(23-13-26-51(54)64-50)58-61-57(44-19-7-6-17-40(44)37-15-4-3-5-16-37)62-59(63-58)47-24-14-28-53-55(47)45-20-9-11-27-52(45)65-53/h3-35H,1-2H3.